The Balaban J connectivity index is 1.74. The summed E-state index contributed by atoms with van der Waals surface area (Å²) in [4.78, 5) is 27.8. The van der Waals surface area contributed by atoms with Crippen molar-refractivity contribution in [3.8, 4) is 0 Å². The van der Waals surface area contributed by atoms with Gasteiger partial charge >= 0.3 is 0 Å². The van der Waals surface area contributed by atoms with E-state index in [2.05, 4.69) is 0 Å². The molecule has 0 aromatic heterocycles. The molecule has 0 spiro atoms. The molecule has 0 aliphatic carbocycles. The molecule has 0 saturated carbocycles. The number of para-hydroxylation sites is 1. The Morgan fingerprint density at radius 1 is 1.24 bits per heavy atom. The third kappa shape index (κ3) is 2.78. The minimum Gasteiger partial charge on any atom is -0.378 e. The number of hydrogen-bond donors (Lipinski definition) is 0. The van der Waals surface area contributed by atoms with Gasteiger partial charge in [-0.15, -0.1) is 0 Å². The minimum absolute atomic E-state index is 0.0313. The van der Waals surface area contributed by atoms with E-state index in [9.17, 15) is 9.59 Å². The van der Waals surface area contributed by atoms with E-state index in [1.165, 1.54) is 0 Å². The zero-order chi connectivity index (χ0) is 14.8. The first-order valence-corrected chi connectivity index (χ1v) is 7.39. The highest BCUT2D eigenvalue weighted by Crippen LogP contribution is 2.38. The zero-order valence-electron chi connectivity index (χ0n) is 12.2. The van der Waals surface area contributed by atoms with E-state index in [4.69, 9.17) is 4.74 Å². The molecule has 5 heteroatoms. The quantitative estimate of drug-likeness (QED) is 0.826. The largest absolute Gasteiger partial charge is 0.378 e. The van der Waals surface area contributed by atoms with Gasteiger partial charge in [0.05, 0.1) is 13.2 Å². The van der Waals surface area contributed by atoms with E-state index >= 15 is 0 Å². The van der Waals surface area contributed by atoms with Crippen LogP contribution in [-0.4, -0.2) is 49.6 Å². The molecule has 2 aliphatic heterocycles. The summed E-state index contributed by atoms with van der Waals surface area (Å²) in [6, 6.07) is 7.88. The van der Waals surface area contributed by atoms with Crippen molar-refractivity contribution in [2.24, 2.45) is 0 Å². The summed E-state index contributed by atoms with van der Waals surface area (Å²) in [7, 11) is 0. The van der Waals surface area contributed by atoms with E-state index in [0.29, 0.717) is 39.3 Å². The average molecular weight is 288 g/mol. The Morgan fingerprint density at radius 2 is 1.95 bits per heavy atom. The number of carbonyl (C=O) groups excluding carboxylic acids is 2. The van der Waals surface area contributed by atoms with Crippen molar-refractivity contribution < 1.29 is 14.3 Å². The monoisotopic (exact) mass is 288 g/mol. The molecule has 0 radical (unpaired) electrons. The van der Waals surface area contributed by atoms with E-state index in [1.54, 1.807) is 11.8 Å². The molecule has 1 fully saturated rings. The van der Waals surface area contributed by atoms with Crippen LogP contribution in [0.25, 0.3) is 0 Å². The van der Waals surface area contributed by atoms with Gasteiger partial charge in [0.15, 0.2) is 0 Å². The van der Waals surface area contributed by atoms with Crippen LogP contribution in [0.1, 0.15) is 24.8 Å². The van der Waals surface area contributed by atoms with Gasteiger partial charge in [-0.05, 0) is 11.6 Å². The summed E-state index contributed by atoms with van der Waals surface area (Å²) >= 11 is 0. The van der Waals surface area contributed by atoms with Crippen molar-refractivity contribution in [1.82, 2.24) is 4.90 Å². The fourth-order valence-electron chi connectivity index (χ4n) is 3.12. The smallest absolute Gasteiger partial charge is 0.223 e. The number of benzene rings is 1. The Hall–Kier alpha value is -1.88. The van der Waals surface area contributed by atoms with Gasteiger partial charge in [-0.25, -0.2) is 0 Å². The van der Waals surface area contributed by atoms with Gasteiger partial charge in [-0.1, -0.05) is 18.2 Å². The molecule has 21 heavy (non-hydrogen) atoms. The summed E-state index contributed by atoms with van der Waals surface area (Å²) in [5.74, 6) is 0.285. The summed E-state index contributed by atoms with van der Waals surface area (Å²) < 4.78 is 5.28. The SMILES string of the molecule is CC(=O)N1CC(CC(=O)N2CCOCC2)c2ccccc21. The second-order valence-corrected chi connectivity index (χ2v) is 5.58. The molecule has 1 unspecified atom stereocenters. The maximum absolute atomic E-state index is 12.4. The Bertz CT molecular complexity index is 552. The first kappa shape index (κ1) is 14.1. The van der Waals surface area contributed by atoms with Crippen LogP contribution in [0.5, 0.6) is 0 Å². The second-order valence-electron chi connectivity index (χ2n) is 5.58. The molecule has 0 bridgehead atoms. The van der Waals surface area contributed by atoms with Crippen LogP contribution in [0.2, 0.25) is 0 Å². The third-order valence-electron chi connectivity index (χ3n) is 4.24. The first-order chi connectivity index (χ1) is 10.2. The molecule has 1 aromatic rings. The molecule has 1 atom stereocenters. The lowest BCUT2D eigenvalue weighted by Gasteiger charge is -2.28. The third-order valence-corrected chi connectivity index (χ3v) is 4.24. The number of ether oxygens (including phenoxy) is 1. The summed E-state index contributed by atoms with van der Waals surface area (Å²) in [6.07, 6.45) is 0.459. The van der Waals surface area contributed by atoms with Crippen molar-refractivity contribution in [3.63, 3.8) is 0 Å². The first-order valence-electron chi connectivity index (χ1n) is 7.39. The molecule has 2 aliphatic rings. The fraction of sp³-hybridized carbons (Fsp3) is 0.500. The summed E-state index contributed by atoms with van der Waals surface area (Å²) in [6.45, 7) is 4.75. The lowest BCUT2D eigenvalue weighted by atomic mass is 9.97. The topological polar surface area (TPSA) is 49.9 Å². The highest BCUT2D eigenvalue weighted by atomic mass is 16.5. The second kappa shape index (κ2) is 5.85. The van der Waals surface area contributed by atoms with Gasteiger partial charge in [0.1, 0.15) is 0 Å². The predicted octanol–water partition coefficient (Wildman–Crippen LogP) is 1.39. The molecule has 2 amide bonds. The number of hydrogen-bond acceptors (Lipinski definition) is 3. The number of fused-ring (bicyclic) bond motifs is 1. The molecule has 3 rings (SSSR count). The number of morpholine rings is 1. The maximum Gasteiger partial charge on any atom is 0.223 e. The van der Waals surface area contributed by atoms with Gasteiger partial charge in [0, 0.05) is 44.6 Å². The maximum atomic E-state index is 12.4. The fourth-order valence-corrected chi connectivity index (χ4v) is 3.12. The van der Waals surface area contributed by atoms with Crippen molar-refractivity contribution in [3.05, 3.63) is 29.8 Å². The van der Waals surface area contributed by atoms with Crippen LogP contribution in [0.4, 0.5) is 5.69 Å². The van der Waals surface area contributed by atoms with Crippen LogP contribution >= 0.6 is 0 Å². The number of anilines is 1. The molecule has 1 saturated heterocycles. The molecular formula is C16H20N2O3. The lowest BCUT2D eigenvalue weighted by molar-refractivity contribution is -0.135. The molecule has 5 nitrogen and oxygen atoms in total. The van der Waals surface area contributed by atoms with E-state index in [-0.39, 0.29) is 17.7 Å². The van der Waals surface area contributed by atoms with Crippen LogP contribution in [0, 0.1) is 0 Å². The predicted molar refractivity (Wildman–Crippen MR) is 79.2 cm³/mol. The number of nitrogens with zero attached hydrogens (tertiary/aromatic N) is 2. The minimum atomic E-state index is 0.0313. The lowest BCUT2D eigenvalue weighted by Crippen LogP contribution is -2.41. The van der Waals surface area contributed by atoms with Crippen molar-refractivity contribution in [2.45, 2.75) is 19.3 Å². The van der Waals surface area contributed by atoms with Gasteiger partial charge in [0.2, 0.25) is 11.8 Å². The zero-order valence-corrected chi connectivity index (χ0v) is 12.2. The molecular weight excluding hydrogens is 268 g/mol. The van der Waals surface area contributed by atoms with Crippen LogP contribution in [0.3, 0.4) is 0 Å². The number of carbonyl (C=O) groups is 2. The Labute approximate surface area is 124 Å². The standard InChI is InChI=1S/C16H20N2O3/c1-12(19)18-11-13(14-4-2-3-5-15(14)18)10-16(20)17-6-8-21-9-7-17/h2-5,13H,6-11H2,1H3. The van der Waals surface area contributed by atoms with E-state index in [1.807, 2.05) is 29.2 Å². The Kier molecular flexibility index (Phi) is 3.92. The average Bonchev–Trinajstić information content (AvgIpc) is 2.87. The number of amides is 2. The van der Waals surface area contributed by atoms with Gasteiger partial charge in [0.25, 0.3) is 0 Å². The highest BCUT2D eigenvalue weighted by Gasteiger charge is 2.33. The van der Waals surface area contributed by atoms with Crippen LogP contribution in [-0.2, 0) is 14.3 Å². The summed E-state index contributed by atoms with van der Waals surface area (Å²) in [5, 5.41) is 0. The van der Waals surface area contributed by atoms with Gasteiger partial charge in [-0.3, -0.25) is 9.59 Å². The van der Waals surface area contributed by atoms with Crippen LogP contribution < -0.4 is 4.90 Å². The highest BCUT2D eigenvalue weighted by molar-refractivity contribution is 5.94. The number of rotatable bonds is 2. The van der Waals surface area contributed by atoms with Crippen LogP contribution in [0.15, 0.2) is 24.3 Å². The van der Waals surface area contributed by atoms with Crippen molar-refractivity contribution in [1.29, 1.82) is 0 Å². The molecule has 0 N–H and O–H groups in total. The molecule has 2 heterocycles. The van der Waals surface area contributed by atoms with Crippen molar-refractivity contribution in [2.75, 3.05) is 37.7 Å². The molecule has 1 aromatic carbocycles. The van der Waals surface area contributed by atoms with Crippen molar-refractivity contribution >= 4 is 17.5 Å². The normalized spacial score (nSPS) is 21.3. The van der Waals surface area contributed by atoms with Gasteiger partial charge in [-0.2, -0.15) is 0 Å². The van der Waals surface area contributed by atoms with Gasteiger partial charge < -0.3 is 14.5 Å². The van der Waals surface area contributed by atoms with E-state index < -0.39 is 0 Å². The van der Waals surface area contributed by atoms with E-state index in [0.717, 1.165) is 11.3 Å². The Morgan fingerprint density at radius 3 is 2.67 bits per heavy atom. The molecule has 112 valence electrons. The summed E-state index contributed by atoms with van der Waals surface area (Å²) in [5.41, 5.74) is 2.05.